The maximum absolute atomic E-state index is 10.4. The molecule has 0 N–H and O–H groups in total. The summed E-state index contributed by atoms with van der Waals surface area (Å²) in [4.78, 5) is 9.73. The molecule has 0 saturated heterocycles. The summed E-state index contributed by atoms with van der Waals surface area (Å²) >= 11 is 12.3. The molecule has 4 aromatic carbocycles. The van der Waals surface area contributed by atoms with Crippen LogP contribution in [0, 0.1) is 0 Å². The quantitative estimate of drug-likeness (QED) is 0.185. The van der Waals surface area contributed by atoms with Crippen molar-refractivity contribution in [3.05, 3.63) is 144 Å². The van der Waals surface area contributed by atoms with Crippen LogP contribution in [0.3, 0.4) is 0 Å². The van der Waals surface area contributed by atoms with Gasteiger partial charge in [-0.15, -0.1) is 11.6 Å². The van der Waals surface area contributed by atoms with Crippen LogP contribution < -0.4 is 0 Å². The van der Waals surface area contributed by atoms with Crippen LogP contribution in [0.2, 0.25) is 0 Å². The summed E-state index contributed by atoms with van der Waals surface area (Å²) in [5.74, 6) is 0. The third kappa shape index (κ3) is 5.60. The zero-order valence-electron chi connectivity index (χ0n) is 16.4. The van der Waals surface area contributed by atoms with E-state index in [0.717, 1.165) is 22.3 Å². The molecule has 3 heteroatoms. The maximum atomic E-state index is 10.4. The van der Waals surface area contributed by atoms with Gasteiger partial charge >= 0.3 is 0 Å². The van der Waals surface area contributed by atoms with E-state index in [0.29, 0.717) is 6.42 Å². The van der Waals surface area contributed by atoms with Crippen molar-refractivity contribution in [2.24, 2.45) is 0 Å². The topological polar surface area (TPSA) is 17.1 Å². The highest BCUT2D eigenvalue weighted by atomic mass is 35.5. The van der Waals surface area contributed by atoms with Crippen LogP contribution in [0.1, 0.15) is 22.3 Å². The second-order valence-corrected chi connectivity index (χ2v) is 7.76. The molecule has 0 aliphatic rings. The van der Waals surface area contributed by atoms with Gasteiger partial charge in [0.05, 0.1) is 0 Å². The van der Waals surface area contributed by atoms with Crippen molar-refractivity contribution in [3.63, 3.8) is 0 Å². The number of benzene rings is 4. The first-order valence-electron chi connectivity index (χ1n) is 9.68. The molecule has 4 rings (SSSR count). The summed E-state index contributed by atoms with van der Waals surface area (Å²) in [5, 5.41) is -0.314. The molecule has 4 aromatic rings. The van der Waals surface area contributed by atoms with Crippen molar-refractivity contribution in [2.75, 3.05) is 0 Å². The average molecular weight is 433 g/mol. The number of alkyl halides is 1. The number of carbonyl (C=O) groups is 1. The molecule has 0 aliphatic carbocycles. The molecule has 0 saturated carbocycles. The monoisotopic (exact) mass is 432 g/mol. The van der Waals surface area contributed by atoms with Gasteiger partial charge in [0.1, 0.15) is 4.87 Å². The third-order valence-corrected chi connectivity index (χ3v) is 5.49. The van der Waals surface area contributed by atoms with Crippen molar-refractivity contribution in [2.45, 2.75) is 11.3 Å². The van der Waals surface area contributed by atoms with Gasteiger partial charge in [-0.1, -0.05) is 121 Å². The highest BCUT2D eigenvalue weighted by molar-refractivity contribution is 6.63. The minimum absolute atomic E-state index is 0.314. The Bertz CT molecular complexity index is 937. The largest absolute Gasteiger partial charge is 0.281 e. The summed E-state index contributed by atoms with van der Waals surface area (Å²) in [6.45, 7) is 0. The molecule has 0 amide bonds. The zero-order chi connectivity index (χ0) is 21.2. The molecule has 0 atom stereocenters. The van der Waals surface area contributed by atoms with E-state index >= 15 is 0 Å². The highest BCUT2D eigenvalue weighted by Crippen LogP contribution is 2.42. The van der Waals surface area contributed by atoms with Crippen LogP contribution in [0.25, 0.3) is 0 Å². The Morgan fingerprint density at radius 3 is 1.17 bits per heavy atom. The van der Waals surface area contributed by atoms with Gasteiger partial charge in [0.15, 0.2) is 0 Å². The molecular formula is C27H22Cl2O. The number of hydrogen-bond acceptors (Lipinski definition) is 1. The van der Waals surface area contributed by atoms with Gasteiger partial charge in [-0.25, -0.2) is 0 Å². The van der Waals surface area contributed by atoms with E-state index in [9.17, 15) is 4.79 Å². The molecule has 1 nitrogen and oxygen atoms in total. The Morgan fingerprint density at radius 2 is 0.867 bits per heavy atom. The van der Waals surface area contributed by atoms with Gasteiger partial charge < -0.3 is 0 Å². The normalized spacial score (nSPS) is 10.6. The Balaban J connectivity index is 0.000000216. The van der Waals surface area contributed by atoms with E-state index in [-0.39, 0.29) is 5.24 Å². The van der Waals surface area contributed by atoms with Gasteiger partial charge in [0.25, 0.3) is 0 Å². The van der Waals surface area contributed by atoms with Gasteiger partial charge in [-0.3, -0.25) is 4.79 Å². The van der Waals surface area contributed by atoms with Crippen LogP contribution in [0.15, 0.2) is 121 Å². The number of halogens is 2. The molecular weight excluding hydrogens is 411 g/mol. The van der Waals surface area contributed by atoms with Crippen molar-refractivity contribution in [1.82, 2.24) is 0 Å². The van der Waals surface area contributed by atoms with Crippen LogP contribution in [-0.4, -0.2) is 5.24 Å². The summed E-state index contributed by atoms with van der Waals surface area (Å²) in [6.07, 6.45) is 0.322. The second-order valence-electron chi connectivity index (χ2n) is 6.77. The molecule has 0 unspecified atom stereocenters. The Hall–Kier alpha value is -2.87. The van der Waals surface area contributed by atoms with Crippen molar-refractivity contribution in [1.29, 1.82) is 0 Å². The van der Waals surface area contributed by atoms with Gasteiger partial charge in [-0.05, 0) is 33.9 Å². The fourth-order valence-corrected chi connectivity index (χ4v) is 3.79. The van der Waals surface area contributed by atoms with E-state index in [2.05, 4.69) is 36.4 Å². The fraction of sp³-hybridized carbons (Fsp3) is 0.0741. The Labute approximate surface area is 187 Å². The lowest BCUT2D eigenvalue weighted by Crippen LogP contribution is -2.22. The SMILES string of the molecule is ClC(c1ccccc1)(c1ccccc1)c1ccccc1.O=C(Cl)Cc1ccccc1. The minimum Gasteiger partial charge on any atom is -0.281 e. The lowest BCUT2D eigenvalue weighted by atomic mass is 9.84. The third-order valence-electron chi connectivity index (χ3n) is 4.70. The number of rotatable bonds is 5. The Kier molecular flexibility index (Phi) is 7.84. The van der Waals surface area contributed by atoms with Gasteiger partial charge in [0, 0.05) is 6.42 Å². The first-order chi connectivity index (χ1) is 14.6. The van der Waals surface area contributed by atoms with Crippen LogP contribution >= 0.6 is 23.2 Å². The van der Waals surface area contributed by atoms with Crippen LogP contribution in [0.5, 0.6) is 0 Å². The van der Waals surface area contributed by atoms with E-state index in [1.54, 1.807) is 0 Å². The molecule has 30 heavy (non-hydrogen) atoms. The van der Waals surface area contributed by atoms with Crippen molar-refractivity contribution >= 4 is 28.4 Å². The maximum Gasteiger partial charge on any atom is 0.226 e. The number of carbonyl (C=O) groups excluding carboxylic acids is 1. The smallest absolute Gasteiger partial charge is 0.226 e. The van der Waals surface area contributed by atoms with E-state index in [4.69, 9.17) is 23.2 Å². The average Bonchev–Trinajstić information content (AvgIpc) is 2.81. The zero-order valence-corrected chi connectivity index (χ0v) is 17.9. The molecule has 0 fully saturated rings. The van der Waals surface area contributed by atoms with Crippen molar-refractivity contribution in [3.8, 4) is 0 Å². The summed E-state index contributed by atoms with van der Waals surface area (Å²) in [5.41, 5.74) is 4.21. The summed E-state index contributed by atoms with van der Waals surface area (Å²) in [7, 11) is 0. The van der Waals surface area contributed by atoms with E-state index < -0.39 is 4.87 Å². The molecule has 150 valence electrons. The molecule has 0 aromatic heterocycles. The minimum atomic E-state index is -0.649. The molecule has 0 heterocycles. The molecule has 0 aliphatic heterocycles. The fourth-order valence-electron chi connectivity index (χ4n) is 3.26. The summed E-state index contributed by atoms with van der Waals surface area (Å²) < 4.78 is 0. The standard InChI is InChI=1S/C19H15Cl.C8H7ClO/c20-19(16-10-4-1-5-11-16,17-12-6-2-7-13-17)18-14-8-3-9-15-18;9-8(10)6-7-4-2-1-3-5-7/h1-15H;1-5H,6H2. The van der Waals surface area contributed by atoms with Gasteiger partial charge in [-0.2, -0.15) is 0 Å². The van der Waals surface area contributed by atoms with Crippen LogP contribution in [0.4, 0.5) is 0 Å². The van der Waals surface area contributed by atoms with E-state index in [1.807, 2.05) is 84.9 Å². The lowest BCUT2D eigenvalue weighted by molar-refractivity contribution is -0.111. The second kappa shape index (κ2) is 10.8. The molecule has 0 spiro atoms. The predicted molar refractivity (Wildman–Crippen MR) is 126 cm³/mol. The molecule has 0 bridgehead atoms. The van der Waals surface area contributed by atoms with Crippen LogP contribution in [-0.2, 0) is 16.1 Å². The van der Waals surface area contributed by atoms with E-state index in [1.165, 1.54) is 0 Å². The number of hydrogen-bond donors (Lipinski definition) is 0. The van der Waals surface area contributed by atoms with Crippen molar-refractivity contribution < 1.29 is 4.79 Å². The molecule has 0 radical (unpaired) electrons. The lowest BCUT2D eigenvalue weighted by Gasteiger charge is -2.29. The highest BCUT2D eigenvalue weighted by Gasteiger charge is 2.33. The summed E-state index contributed by atoms with van der Waals surface area (Å²) in [6, 6.07) is 40.1. The predicted octanol–water partition coefficient (Wildman–Crippen LogP) is 7.21. The Morgan fingerprint density at radius 1 is 0.567 bits per heavy atom. The first-order valence-corrected chi connectivity index (χ1v) is 10.4. The van der Waals surface area contributed by atoms with Gasteiger partial charge in [0.2, 0.25) is 5.24 Å². The first kappa shape index (κ1) is 21.8.